The van der Waals surface area contributed by atoms with Crippen LogP contribution in [0.25, 0.3) is 0 Å². The predicted molar refractivity (Wildman–Crippen MR) is 71.8 cm³/mol. The van der Waals surface area contributed by atoms with Crippen LogP contribution in [0, 0.1) is 0 Å². The van der Waals surface area contributed by atoms with E-state index in [1.807, 2.05) is 13.1 Å². The molecule has 3 nitrogen and oxygen atoms in total. The number of likely N-dealkylation sites (N-methyl/N-ethyl adjacent to an activating group) is 1. The number of nitrogens with zero attached hydrogens (tertiary/aromatic N) is 1. The van der Waals surface area contributed by atoms with Gasteiger partial charge in [-0.25, -0.2) is 4.79 Å². The highest BCUT2D eigenvalue weighted by molar-refractivity contribution is 5.81. The van der Waals surface area contributed by atoms with Crippen molar-refractivity contribution in [1.29, 1.82) is 0 Å². The third kappa shape index (κ3) is 10.9. The van der Waals surface area contributed by atoms with Crippen LogP contribution in [0.5, 0.6) is 0 Å². The Labute approximate surface area is 104 Å². The number of carbonyl (C=O) groups is 1. The highest BCUT2D eigenvalue weighted by Crippen LogP contribution is 1.96. The van der Waals surface area contributed by atoms with Crippen LogP contribution in [0.15, 0.2) is 37.5 Å². The molecule has 96 valence electrons. The number of hydrogen-bond donors (Lipinski definition) is 0. The Balaban J connectivity index is 3.40. The van der Waals surface area contributed by atoms with E-state index in [1.165, 1.54) is 6.08 Å². The molecule has 0 rings (SSSR count). The molecule has 0 aliphatic carbocycles. The third-order valence-electron chi connectivity index (χ3n) is 2.26. The number of unbranched alkanes of at least 4 members (excludes halogenated alkanes) is 1. The normalized spacial score (nSPS) is 10.7. The van der Waals surface area contributed by atoms with E-state index < -0.39 is 0 Å². The van der Waals surface area contributed by atoms with Gasteiger partial charge in [-0.15, -0.1) is 6.58 Å². The Morgan fingerprint density at radius 2 is 2.06 bits per heavy atom. The van der Waals surface area contributed by atoms with Gasteiger partial charge in [0, 0.05) is 12.6 Å². The van der Waals surface area contributed by atoms with E-state index in [0.29, 0.717) is 6.61 Å². The van der Waals surface area contributed by atoms with Crippen molar-refractivity contribution in [2.75, 3.05) is 26.7 Å². The second-order valence-corrected chi connectivity index (χ2v) is 3.81. The van der Waals surface area contributed by atoms with Crippen molar-refractivity contribution in [2.24, 2.45) is 0 Å². The van der Waals surface area contributed by atoms with Crippen molar-refractivity contribution in [3.63, 3.8) is 0 Å². The predicted octanol–water partition coefficient (Wildman–Crippen LogP) is 2.56. The number of hydrogen-bond acceptors (Lipinski definition) is 3. The molecule has 0 spiro atoms. The first kappa shape index (κ1) is 15.7. The Hall–Kier alpha value is -1.35. The SMILES string of the molecule is C=CC/C=C\CCCN(C)CCOC(=O)C=C. The van der Waals surface area contributed by atoms with E-state index in [0.717, 1.165) is 32.4 Å². The van der Waals surface area contributed by atoms with Crippen LogP contribution < -0.4 is 0 Å². The zero-order chi connectivity index (χ0) is 12.9. The fraction of sp³-hybridized carbons (Fsp3) is 0.500. The second kappa shape index (κ2) is 11.1. The maximum Gasteiger partial charge on any atom is 0.330 e. The number of allylic oxidation sites excluding steroid dienone is 3. The van der Waals surface area contributed by atoms with Gasteiger partial charge in [-0.1, -0.05) is 24.8 Å². The Bertz CT molecular complexity index is 259. The summed E-state index contributed by atoms with van der Waals surface area (Å²) >= 11 is 0. The molecule has 0 amide bonds. The first-order valence-corrected chi connectivity index (χ1v) is 5.94. The minimum atomic E-state index is -0.356. The molecule has 0 aliphatic rings. The van der Waals surface area contributed by atoms with Crippen LogP contribution in [0.1, 0.15) is 19.3 Å². The molecule has 0 aromatic rings. The number of carbonyl (C=O) groups excluding carboxylic acids is 1. The topological polar surface area (TPSA) is 29.5 Å². The highest BCUT2D eigenvalue weighted by Gasteiger charge is 1.99. The summed E-state index contributed by atoms with van der Waals surface area (Å²) in [6.45, 7) is 9.18. The molecular weight excluding hydrogens is 214 g/mol. The van der Waals surface area contributed by atoms with E-state index in [4.69, 9.17) is 4.74 Å². The van der Waals surface area contributed by atoms with Crippen LogP contribution in [0.4, 0.5) is 0 Å². The van der Waals surface area contributed by atoms with Gasteiger partial charge in [0.25, 0.3) is 0 Å². The van der Waals surface area contributed by atoms with E-state index in [-0.39, 0.29) is 5.97 Å². The van der Waals surface area contributed by atoms with Gasteiger partial charge in [0.05, 0.1) is 0 Å². The van der Waals surface area contributed by atoms with Gasteiger partial charge in [-0.05, 0) is 32.9 Å². The van der Waals surface area contributed by atoms with E-state index >= 15 is 0 Å². The molecule has 17 heavy (non-hydrogen) atoms. The Morgan fingerprint density at radius 3 is 2.71 bits per heavy atom. The zero-order valence-electron chi connectivity index (χ0n) is 10.7. The van der Waals surface area contributed by atoms with Crippen molar-refractivity contribution in [3.05, 3.63) is 37.5 Å². The molecule has 0 aromatic carbocycles. The van der Waals surface area contributed by atoms with Gasteiger partial charge < -0.3 is 9.64 Å². The number of rotatable bonds is 10. The average molecular weight is 237 g/mol. The van der Waals surface area contributed by atoms with Crippen molar-refractivity contribution in [1.82, 2.24) is 4.90 Å². The van der Waals surface area contributed by atoms with Crippen LogP contribution in [-0.2, 0) is 9.53 Å². The monoisotopic (exact) mass is 237 g/mol. The molecule has 0 N–H and O–H groups in total. The molecule has 0 saturated carbocycles. The summed E-state index contributed by atoms with van der Waals surface area (Å²) in [6.07, 6.45) is 10.5. The van der Waals surface area contributed by atoms with Crippen molar-refractivity contribution in [3.8, 4) is 0 Å². The highest BCUT2D eigenvalue weighted by atomic mass is 16.5. The summed E-state index contributed by atoms with van der Waals surface area (Å²) in [7, 11) is 2.02. The quantitative estimate of drug-likeness (QED) is 0.253. The van der Waals surface area contributed by atoms with Gasteiger partial charge >= 0.3 is 5.97 Å². The largest absolute Gasteiger partial charge is 0.461 e. The van der Waals surface area contributed by atoms with Gasteiger partial charge in [-0.2, -0.15) is 0 Å². The first-order valence-electron chi connectivity index (χ1n) is 5.94. The summed E-state index contributed by atoms with van der Waals surface area (Å²) in [5.74, 6) is -0.356. The summed E-state index contributed by atoms with van der Waals surface area (Å²) in [6, 6.07) is 0. The summed E-state index contributed by atoms with van der Waals surface area (Å²) in [5, 5.41) is 0. The van der Waals surface area contributed by atoms with E-state index in [2.05, 4.69) is 30.2 Å². The molecule has 0 aliphatic heterocycles. The van der Waals surface area contributed by atoms with Crippen molar-refractivity contribution in [2.45, 2.75) is 19.3 Å². The fourth-order valence-electron chi connectivity index (χ4n) is 1.26. The molecular formula is C14H23NO2. The first-order chi connectivity index (χ1) is 8.20. The maximum absolute atomic E-state index is 10.8. The number of ether oxygens (including phenoxy) is 1. The maximum atomic E-state index is 10.8. The molecule has 0 atom stereocenters. The van der Waals surface area contributed by atoms with Gasteiger partial charge in [0.2, 0.25) is 0 Å². The minimum Gasteiger partial charge on any atom is -0.461 e. The third-order valence-corrected chi connectivity index (χ3v) is 2.26. The molecule has 0 unspecified atom stereocenters. The Morgan fingerprint density at radius 1 is 1.29 bits per heavy atom. The molecule has 0 saturated heterocycles. The molecule has 0 heterocycles. The molecule has 0 radical (unpaired) electrons. The fourth-order valence-corrected chi connectivity index (χ4v) is 1.26. The van der Waals surface area contributed by atoms with Crippen molar-refractivity contribution < 1.29 is 9.53 Å². The van der Waals surface area contributed by atoms with Crippen LogP contribution in [-0.4, -0.2) is 37.6 Å². The van der Waals surface area contributed by atoms with E-state index in [9.17, 15) is 4.79 Å². The summed E-state index contributed by atoms with van der Waals surface area (Å²) in [4.78, 5) is 12.9. The average Bonchev–Trinajstić information content (AvgIpc) is 2.33. The van der Waals surface area contributed by atoms with Crippen LogP contribution >= 0.6 is 0 Å². The lowest BCUT2D eigenvalue weighted by Crippen LogP contribution is -2.25. The molecule has 0 fully saturated rings. The van der Waals surface area contributed by atoms with Crippen LogP contribution in [0.3, 0.4) is 0 Å². The number of esters is 1. The molecule has 0 aromatic heterocycles. The summed E-state index contributed by atoms with van der Waals surface area (Å²) in [5.41, 5.74) is 0. The van der Waals surface area contributed by atoms with Crippen molar-refractivity contribution >= 4 is 5.97 Å². The zero-order valence-corrected chi connectivity index (χ0v) is 10.7. The minimum absolute atomic E-state index is 0.356. The van der Waals surface area contributed by atoms with Gasteiger partial charge in [0.1, 0.15) is 6.61 Å². The summed E-state index contributed by atoms with van der Waals surface area (Å²) < 4.78 is 4.90. The standard InChI is InChI=1S/C14H23NO2/c1-4-6-7-8-9-10-11-15(3)12-13-17-14(16)5-2/h4-5,7-8H,1-2,6,9-13H2,3H3/b8-7-. The lowest BCUT2D eigenvalue weighted by Gasteiger charge is -2.15. The smallest absolute Gasteiger partial charge is 0.330 e. The molecule has 0 bridgehead atoms. The lowest BCUT2D eigenvalue weighted by atomic mass is 10.2. The molecule has 3 heteroatoms. The lowest BCUT2D eigenvalue weighted by molar-refractivity contribution is -0.138. The van der Waals surface area contributed by atoms with E-state index in [1.54, 1.807) is 0 Å². The van der Waals surface area contributed by atoms with Gasteiger partial charge in [0.15, 0.2) is 0 Å². The second-order valence-electron chi connectivity index (χ2n) is 3.81. The van der Waals surface area contributed by atoms with Crippen LogP contribution in [0.2, 0.25) is 0 Å². The Kier molecular flexibility index (Phi) is 10.3. The van der Waals surface area contributed by atoms with Gasteiger partial charge in [-0.3, -0.25) is 0 Å².